The molecule has 1 rings (SSSR count). The summed E-state index contributed by atoms with van der Waals surface area (Å²) in [5.74, 6) is 1.03. The average Bonchev–Trinajstić information content (AvgIpc) is 2.43. The lowest BCUT2D eigenvalue weighted by Crippen LogP contribution is -2.29. The van der Waals surface area contributed by atoms with Crippen LogP contribution in [-0.4, -0.2) is 25.7 Å². The Morgan fingerprint density at radius 2 is 2.11 bits per heavy atom. The van der Waals surface area contributed by atoms with Gasteiger partial charge in [0, 0.05) is 18.7 Å². The van der Waals surface area contributed by atoms with Crippen LogP contribution >= 0.6 is 0 Å². The summed E-state index contributed by atoms with van der Waals surface area (Å²) in [7, 11) is 0. The molecule has 0 atom stereocenters. The standard InChI is InChI=1S/C14H22N2O3/c1-3-8-16-13(17)10-19-14-11(9-15)6-5-7-12(14)18-4-2/h5-7H,3-4,8-10,15H2,1-2H3,(H,16,17). The van der Waals surface area contributed by atoms with Crippen LogP contribution in [0.25, 0.3) is 0 Å². The molecule has 0 saturated carbocycles. The maximum atomic E-state index is 11.5. The second-order valence-electron chi connectivity index (χ2n) is 4.02. The quantitative estimate of drug-likeness (QED) is 0.747. The first-order valence-corrected chi connectivity index (χ1v) is 6.57. The fourth-order valence-corrected chi connectivity index (χ4v) is 1.61. The van der Waals surface area contributed by atoms with E-state index in [4.69, 9.17) is 15.2 Å². The molecule has 1 aromatic carbocycles. The van der Waals surface area contributed by atoms with Crippen molar-refractivity contribution >= 4 is 5.91 Å². The third kappa shape index (κ3) is 4.79. The van der Waals surface area contributed by atoms with E-state index in [2.05, 4.69) is 5.32 Å². The van der Waals surface area contributed by atoms with Crippen molar-refractivity contribution in [1.29, 1.82) is 0 Å². The van der Waals surface area contributed by atoms with Crippen molar-refractivity contribution in [2.45, 2.75) is 26.8 Å². The Labute approximate surface area is 114 Å². The number of nitrogens with one attached hydrogen (secondary N) is 1. The van der Waals surface area contributed by atoms with Gasteiger partial charge in [-0.05, 0) is 19.4 Å². The zero-order valence-corrected chi connectivity index (χ0v) is 11.6. The molecule has 0 fully saturated rings. The van der Waals surface area contributed by atoms with Crippen LogP contribution in [0, 0.1) is 0 Å². The summed E-state index contributed by atoms with van der Waals surface area (Å²) in [6.45, 7) is 5.39. The van der Waals surface area contributed by atoms with Crippen molar-refractivity contribution in [1.82, 2.24) is 5.32 Å². The van der Waals surface area contributed by atoms with Crippen molar-refractivity contribution in [3.8, 4) is 11.5 Å². The summed E-state index contributed by atoms with van der Waals surface area (Å²) in [6.07, 6.45) is 0.898. The smallest absolute Gasteiger partial charge is 0.257 e. The van der Waals surface area contributed by atoms with Gasteiger partial charge in [0.05, 0.1) is 6.61 Å². The highest BCUT2D eigenvalue weighted by atomic mass is 16.5. The summed E-state index contributed by atoms with van der Waals surface area (Å²) in [6, 6.07) is 5.53. The molecule has 0 aromatic heterocycles. The van der Waals surface area contributed by atoms with Gasteiger partial charge in [0.25, 0.3) is 5.91 Å². The Balaban J connectivity index is 2.71. The van der Waals surface area contributed by atoms with Crippen LogP contribution in [0.15, 0.2) is 18.2 Å². The fourth-order valence-electron chi connectivity index (χ4n) is 1.61. The number of amides is 1. The molecule has 5 nitrogen and oxygen atoms in total. The highest BCUT2D eigenvalue weighted by Gasteiger charge is 2.11. The number of hydrogen-bond donors (Lipinski definition) is 2. The van der Waals surface area contributed by atoms with Crippen molar-refractivity contribution in [2.24, 2.45) is 5.73 Å². The number of ether oxygens (including phenoxy) is 2. The third-order valence-corrected chi connectivity index (χ3v) is 2.50. The molecule has 0 aliphatic rings. The van der Waals surface area contributed by atoms with Crippen LogP contribution in [0.1, 0.15) is 25.8 Å². The first kappa shape index (κ1) is 15.3. The number of carbonyl (C=O) groups is 1. The maximum Gasteiger partial charge on any atom is 0.257 e. The van der Waals surface area contributed by atoms with Crippen molar-refractivity contribution in [3.63, 3.8) is 0 Å². The van der Waals surface area contributed by atoms with E-state index in [9.17, 15) is 4.79 Å². The zero-order chi connectivity index (χ0) is 14.1. The largest absolute Gasteiger partial charge is 0.490 e. The molecule has 5 heteroatoms. The van der Waals surface area contributed by atoms with Gasteiger partial charge < -0.3 is 20.5 Å². The van der Waals surface area contributed by atoms with E-state index >= 15 is 0 Å². The normalized spacial score (nSPS) is 10.1. The van der Waals surface area contributed by atoms with E-state index in [0.29, 0.717) is 31.2 Å². The number of carbonyl (C=O) groups excluding carboxylic acids is 1. The van der Waals surface area contributed by atoms with Crippen LogP contribution in [0.5, 0.6) is 11.5 Å². The molecule has 0 spiro atoms. The molecule has 0 aliphatic carbocycles. The predicted molar refractivity (Wildman–Crippen MR) is 74.3 cm³/mol. The molecule has 106 valence electrons. The minimum absolute atomic E-state index is 0.0307. The van der Waals surface area contributed by atoms with Gasteiger partial charge in [-0.25, -0.2) is 0 Å². The third-order valence-electron chi connectivity index (χ3n) is 2.50. The lowest BCUT2D eigenvalue weighted by atomic mass is 10.2. The first-order chi connectivity index (χ1) is 9.22. The Bertz CT molecular complexity index is 408. The molecule has 0 saturated heterocycles. The molecule has 0 unspecified atom stereocenters. The summed E-state index contributed by atoms with van der Waals surface area (Å²) in [5.41, 5.74) is 6.49. The van der Waals surface area contributed by atoms with Gasteiger partial charge in [0.2, 0.25) is 0 Å². The highest BCUT2D eigenvalue weighted by Crippen LogP contribution is 2.31. The van der Waals surface area contributed by atoms with E-state index in [1.807, 2.05) is 32.0 Å². The average molecular weight is 266 g/mol. The molecule has 1 aromatic rings. The molecule has 1 amide bonds. The molecule has 0 radical (unpaired) electrons. The predicted octanol–water partition coefficient (Wildman–Crippen LogP) is 1.45. The van der Waals surface area contributed by atoms with Crippen LogP contribution < -0.4 is 20.5 Å². The van der Waals surface area contributed by atoms with Crippen LogP contribution in [0.3, 0.4) is 0 Å². The van der Waals surface area contributed by atoms with E-state index in [0.717, 1.165) is 12.0 Å². The van der Waals surface area contributed by atoms with Gasteiger partial charge in [0.15, 0.2) is 18.1 Å². The Morgan fingerprint density at radius 3 is 2.74 bits per heavy atom. The second kappa shape index (κ2) is 8.37. The molecule has 0 bridgehead atoms. The first-order valence-electron chi connectivity index (χ1n) is 6.57. The second-order valence-corrected chi connectivity index (χ2v) is 4.02. The Hall–Kier alpha value is -1.75. The summed E-state index contributed by atoms with van der Waals surface area (Å²) >= 11 is 0. The number of rotatable bonds is 8. The SMILES string of the molecule is CCCNC(=O)COc1c(CN)cccc1OCC. The van der Waals surface area contributed by atoms with Crippen LogP contribution in [0.4, 0.5) is 0 Å². The maximum absolute atomic E-state index is 11.5. The molecule has 3 N–H and O–H groups in total. The zero-order valence-electron chi connectivity index (χ0n) is 11.6. The minimum atomic E-state index is -0.142. The molecular weight excluding hydrogens is 244 g/mol. The van der Waals surface area contributed by atoms with Crippen LogP contribution in [-0.2, 0) is 11.3 Å². The van der Waals surface area contributed by atoms with E-state index < -0.39 is 0 Å². The monoisotopic (exact) mass is 266 g/mol. The lowest BCUT2D eigenvalue weighted by Gasteiger charge is -2.15. The van der Waals surface area contributed by atoms with Gasteiger partial charge >= 0.3 is 0 Å². The molecular formula is C14H22N2O3. The van der Waals surface area contributed by atoms with Crippen molar-refractivity contribution in [2.75, 3.05) is 19.8 Å². The molecule has 19 heavy (non-hydrogen) atoms. The summed E-state index contributed by atoms with van der Waals surface area (Å²) in [4.78, 5) is 11.5. The van der Waals surface area contributed by atoms with E-state index in [1.165, 1.54) is 0 Å². The number of hydrogen-bond acceptors (Lipinski definition) is 4. The number of nitrogens with two attached hydrogens (primary N) is 1. The van der Waals surface area contributed by atoms with Gasteiger partial charge in [-0.15, -0.1) is 0 Å². The fraction of sp³-hybridized carbons (Fsp3) is 0.500. The Kier molecular flexibility index (Phi) is 6.74. The van der Waals surface area contributed by atoms with Gasteiger partial charge in [-0.3, -0.25) is 4.79 Å². The lowest BCUT2D eigenvalue weighted by molar-refractivity contribution is -0.123. The van der Waals surface area contributed by atoms with Gasteiger partial charge in [-0.1, -0.05) is 19.1 Å². The topological polar surface area (TPSA) is 73.6 Å². The number of para-hydroxylation sites is 1. The van der Waals surface area contributed by atoms with Gasteiger partial charge in [0.1, 0.15) is 0 Å². The Morgan fingerprint density at radius 1 is 1.32 bits per heavy atom. The molecule has 0 heterocycles. The van der Waals surface area contributed by atoms with Crippen LogP contribution in [0.2, 0.25) is 0 Å². The highest BCUT2D eigenvalue weighted by molar-refractivity contribution is 5.77. The minimum Gasteiger partial charge on any atom is -0.490 e. The van der Waals surface area contributed by atoms with Crippen molar-refractivity contribution in [3.05, 3.63) is 23.8 Å². The number of benzene rings is 1. The summed E-state index contributed by atoms with van der Waals surface area (Å²) < 4.78 is 11.0. The molecule has 0 aliphatic heterocycles. The van der Waals surface area contributed by atoms with E-state index in [1.54, 1.807) is 0 Å². The van der Waals surface area contributed by atoms with Crippen molar-refractivity contribution < 1.29 is 14.3 Å². The summed E-state index contributed by atoms with van der Waals surface area (Å²) in [5, 5.41) is 2.76. The van der Waals surface area contributed by atoms with Gasteiger partial charge in [-0.2, -0.15) is 0 Å². The van der Waals surface area contributed by atoms with E-state index in [-0.39, 0.29) is 12.5 Å².